The van der Waals surface area contributed by atoms with Crippen LogP contribution >= 0.6 is 0 Å². The third kappa shape index (κ3) is 2.84. The molecule has 2 rings (SSSR count). The monoisotopic (exact) mass is 258 g/mol. The Morgan fingerprint density at radius 2 is 2.21 bits per heavy atom. The van der Waals surface area contributed by atoms with E-state index in [1.807, 2.05) is 6.07 Å². The number of carbonyl (C=O) groups is 1. The number of nitrogens with zero attached hydrogens (tertiary/aromatic N) is 2. The summed E-state index contributed by atoms with van der Waals surface area (Å²) in [6, 6.07) is 8.86. The van der Waals surface area contributed by atoms with E-state index < -0.39 is 11.8 Å². The van der Waals surface area contributed by atoms with Crippen molar-refractivity contribution < 1.29 is 19.0 Å². The lowest BCUT2D eigenvalue weighted by Gasteiger charge is -2.07. The Bertz CT molecular complexity index is 680. The highest BCUT2D eigenvalue weighted by molar-refractivity contribution is 5.90. The lowest BCUT2D eigenvalue weighted by molar-refractivity contribution is 0.0692. The van der Waals surface area contributed by atoms with Crippen molar-refractivity contribution in [3.63, 3.8) is 0 Å². The van der Waals surface area contributed by atoms with Crippen LogP contribution in [0.25, 0.3) is 0 Å². The summed E-state index contributed by atoms with van der Waals surface area (Å²) in [5.74, 6) is -2.10. The molecule has 0 aliphatic rings. The predicted octanol–water partition coefficient (Wildman–Crippen LogP) is 2.58. The number of nitriles is 1. The maximum atomic E-state index is 12.9. The van der Waals surface area contributed by atoms with Crippen LogP contribution in [-0.4, -0.2) is 16.1 Å². The zero-order valence-electron chi connectivity index (χ0n) is 9.50. The molecule has 6 heteroatoms. The predicted molar refractivity (Wildman–Crippen MR) is 62.4 cm³/mol. The van der Waals surface area contributed by atoms with Gasteiger partial charge in [-0.05, 0) is 24.3 Å². The van der Waals surface area contributed by atoms with E-state index in [-0.39, 0.29) is 17.2 Å². The summed E-state index contributed by atoms with van der Waals surface area (Å²) >= 11 is 0. The molecule has 0 saturated heterocycles. The van der Waals surface area contributed by atoms with E-state index in [1.54, 1.807) is 12.1 Å². The zero-order chi connectivity index (χ0) is 13.8. The van der Waals surface area contributed by atoms with E-state index in [2.05, 4.69) is 4.98 Å². The van der Waals surface area contributed by atoms with Gasteiger partial charge in [0.2, 0.25) is 5.88 Å². The van der Waals surface area contributed by atoms with Crippen LogP contribution in [0.1, 0.15) is 15.9 Å². The standard InChI is InChI=1S/C13H7FN2O3/c14-9-5-11(13(17)18)12(16-7-9)19-10-3-1-2-8(4-10)6-15/h1-5,7H,(H,17,18). The van der Waals surface area contributed by atoms with Crippen LogP contribution in [0.15, 0.2) is 36.5 Å². The SMILES string of the molecule is N#Cc1cccc(Oc2ncc(F)cc2C(=O)O)c1. The van der Waals surface area contributed by atoms with Gasteiger partial charge in [0.25, 0.3) is 0 Å². The molecule has 0 saturated carbocycles. The molecule has 0 atom stereocenters. The minimum absolute atomic E-state index is 0.232. The van der Waals surface area contributed by atoms with Gasteiger partial charge in [0.1, 0.15) is 17.1 Å². The lowest BCUT2D eigenvalue weighted by Crippen LogP contribution is -2.03. The fourth-order valence-electron chi connectivity index (χ4n) is 1.40. The van der Waals surface area contributed by atoms with Crippen LogP contribution in [-0.2, 0) is 0 Å². The van der Waals surface area contributed by atoms with Crippen molar-refractivity contribution in [3.8, 4) is 17.7 Å². The fourth-order valence-corrected chi connectivity index (χ4v) is 1.40. The quantitative estimate of drug-likeness (QED) is 0.914. The Morgan fingerprint density at radius 1 is 1.42 bits per heavy atom. The van der Waals surface area contributed by atoms with Gasteiger partial charge >= 0.3 is 5.97 Å². The largest absolute Gasteiger partial charge is 0.477 e. The van der Waals surface area contributed by atoms with Crippen LogP contribution in [0.3, 0.4) is 0 Å². The van der Waals surface area contributed by atoms with Crippen LogP contribution in [0.5, 0.6) is 11.6 Å². The maximum absolute atomic E-state index is 12.9. The number of aromatic nitrogens is 1. The van der Waals surface area contributed by atoms with Gasteiger partial charge in [0.15, 0.2) is 0 Å². The Labute approximate surface area is 107 Å². The molecule has 0 spiro atoms. The molecule has 0 amide bonds. The maximum Gasteiger partial charge on any atom is 0.341 e. The van der Waals surface area contributed by atoms with Crippen molar-refractivity contribution in [2.24, 2.45) is 0 Å². The van der Waals surface area contributed by atoms with E-state index in [1.165, 1.54) is 12.1 Å². The third-order valence-corrected chi connectivity index (χ3v) is 2.23. The second kappa shape index (κ2) is 5.14. The second-order valence-corrected chi connectivity index (χ2v) is 3.55. The van der Waals surface area contributed by atoms with Crippen LogP contribution in [0.4, 0.5) is 4.39 Å². The Balaban J connectivity index is 2.38. The van der Waals surface area contributed by atoms with Gasteiger partial charge in [-0.2, -0.15) is 5.26 Å². The molecular formula is C13H7FN2O3. The smallest absolute Gasteiger partial charge is 0.341 e. The summed E-state index contributed by atoms with van der Waals surface area (Å²) < 4.78 is 18.2. The third-order valence-electron chi connectivity index (χ3n) is 2.23. The molecule has 0 unspecified atom stereocenters. The molecule has 1 aromatic heterocycles. The fraction of sp³-hybridized carbons (Fsp3) is 0. The van der Waals surface area contributed by atoms with Gasteiger partial charge in [-0.1, -0.05) is 6.07 Å². The van der Waals surface area contributed by atoms with Gasteiger partial charge in [0.05, 0.1) is 17.8 Å². The summed E-state index contributed by atoms with van der Waals surface area (Å²) in [6.45, 7) is 0. The van der Waals surface area contributed by atoms with Gasteiger partial charge in [-0.25, -0.2) is 14.2 Å². The summed E-state index contributed by atoms with van der Waals surface area (Å²) in [5, 5.41) is 17.7. The first-order chi connectivity index (χ1) is 9.10. The number of hydrogen-bond donors (Lipinski definition) is 1. The number of aromatic carboxylic acids is 1. The van der Waals surface area contributed by atoms with Gasteiger partial charge < -0.3 is 9.84 Å². The summed E-state index contributed by atoms with van der Waals surface area (Å²) in [5.41, 5.74) is -0.0288. The molecule has 0 aliphatic heterocycles. The molecule has 1 N–H and O–H groups in total. The van der Waals surface area contributed by atoms with Crippen molar-refractivity contribution in [2.45, 2.75) is 0 Å². The highest BCUT2D eigenvalue weighted by Gasteiger charge is 2.15. The molecule has 5 nitrogen and oxygen atoms in total. The molecule has 2 aromatic rings. The summed E-state index contributed by atoms with van der Waals surface area (Å²) in [6.07, 6.45) is 0.857. The Kier molecular flexibility index (Phi) is 3.39. The van der Waals surface area contributed by atoms with Crippen molar-refractivity contribution in [1.29, 1.82) is 5.26 Å². The van der Waals surface area contributed by atoms with Crippen molar-refractivity contribution in [1.82, 2.24) is 4.98 Å². The molecule has 0 bridgehead atoms. The number of carboxylic acids is 1. The van der Waals surface area contributed by atoms with Crippen LogP contribution in [0, 0.1) is 17.1 Å². The van der Waals surface area contributed by atoms with E-state index in [9.17, 15) is 9.18 Å². The first kappa shape index (κ1) is 12.5. The highest BCUT2D eigenvalue weighted by atomic mass is 19.1. The number of rotatable bonds is 3. The Hall–Kier alpha value is -2.94. The number of pyridine rings is 1. The van der Waals surface area contributed by atoms with E-state index in [0.29, 0.717) is 5.56 Å². The average Bonchev–Trinajstić information content (AvgIpc) is 2.41. The molecule has 0 fully saturated rings. The first-order valence-corrected chi connectivity index (χ1v) is 5.17. The number of ether oxygens (including phenoxy) is 1. The normalized spacial score (nSPS) is 9.68. The summed E-state index contributed by atoms with van der Waals surface area (Å²) in [4.78, 5) is 14.5. The molecule has 1 heterocycles. The highest BCUT2D eigenvalue weighted by Crippen LogP contribution is 2.24. The molecule has 94 valence electrons. The number of halogens is 1. The van der Waals surface area contributed by atoms with Crippen molar-refractivity contribution in [3.05, 3.63) is 53.5 Å². The summed E-state index contributed by atoms with van der Waals surface area (Å²) in [7, 11) is 0. The van der Waals surface area contributed by atoms with E-state index in [4.69, 9.17) is 15.1 Å². The second-order valence-electron chi connectivity index (χ2n) is 3.55. The number of carboxylic acid groups (broad SMARTS) is 1. The topological polar surface area (TPSA) is 83.2 Å². The molecular weight excluding hydrogens is 251 g/mol. The molecule has 19 heavy (non-hydrogen) atoms. The van der Waals surface area contributed by atoms with Gasteiger partial charge in [-0.15, -0.1) is 0 Å². The van der Waals surface area contributed by atoms with Gasteiger partial charge in [-0.3, -0.25) is 0 Å². The van der Waals surface area contributed by atoms with Crippen molar-refractivity contribution >= 4 is 5.97 Å². The zero-order valence-corrected chi connectivity index (χ0v) is 9.50. The van der Waals surface area contributed by atoms with E-state index >= 15 is 0 Å². The first-order valence-electron chi connectivity index (χ1n) is 5.17. The minimum Gasteiger partial charge on any atom is -0.477 e. The number of benzene rings is 1. The Morgan fingerprint density at radius 3 is 2.89 bits per heavy atom. The molecule has 0 aliphatic carbocycles. The van der Waals surface area contributed by atoms with E-state index in [0.717, 1.165) is 12.3 Å². The van der Waals surface area contributed by atoms with Crippen LogP contribution < -0.4 is 4.74 Å². The lowest BCUT2D eigenvalue weighted by atomic mass is 10.2. The van der Waals surface area contributed by atoms with Crippen molar-refractivity contribution in [2.75, 3.05) is 0 Å². The minimum atomic E-state index is -1.35. The average molecular weight is 258 g/mol. The molecule has 1 aromatic carbocycles. The van der Waals surface area contributed by atoms with Gasteiger partial charge in [0, 0.05) is 0 Å². The molecule has 0 radical (unpaired) electrons. The van der Waals surface area contributed by atoms with Crippen LogP contribution in [0.2, 0.25) is 0 Å². The number of hydrogen-bond acceptors (Lipinski definition) is 4.